The number of rotatable bonds is 6. The highest BCUT2D eigenvalue weighted by molar-refractivity contribution is 5.94. The van der Waals surface area contributed by atoms with E-state index in [4.69, 9.17) is 9.15 Å². The van der Waals surface area contributed by atoms with Crippen LogP contribution in [0.15, 0.2) is 77.4 Å². The molecule has 1 aromatic heterocycles. The molecule has 0 saturated carbocycles. The van der Waals surface area contributed by atoms with Gasteiger partial charge in [-0.1, -0.05) is 30.3 Å². The third-order valence-electron chi connectivity index (χ3n) is 4.97. The SMILES string of the molecule is O=C(c1ccc(OCc2ccccc2)cc1)N1CCN(Cc2ccco2)CC1. The summed E-state index contributed by atoms with van der Waals surface area (Å²) >= 11 is 0. The van der Waals surface area contributed by atoms with Crippen LogP contribution in [-0.4, -0.2) is 41.9 Å². The number of furan rings is 1. The molecule has 0 radical (unpaired) electrons. The van der Waals surface area contributed by atoms with E-state index in [1.54, 1.807) is 6.26 Å². The van der Waals surface area contributed by atoms with Crippen molar-refractivity contribution < 1.29 is 13.9 Å². The first-order valence-corrected chi connectivity index (χ1v) is 9.59. The van der Waals surface area contributed by atoms with E-state index in [1.165, 1.54) is 0 Å². The second-order valence-corrected chi connectivity index (χ2v) is 6.95. The zero-order valence-corrected chi connectivity index (χ0v) is 15.8. The number of benzene rings is 2. The van der Waals surface area contributed by atoms with E-state index >= 15 is 0 Å². The van der Waals surface area contributed by atoms with E-state index in [1.807, 2.05) is 71.6 Å². The second-order valence-electron chi connectivity index (χ2n) is 6.95. The van der Waals surface area contributed by atoms with Gasteiger partial charge in [0.25, 0.3) is 5.91 Å². The molecule has 0 spiro atoms. The first-order valence-electron chi connectivity index (χ1n) is 9.59. The Kier molecular flexibility index (Phi) is 5.73. The fourth-order valence-electron chi connectivity index (χ4n) is 3.35. The van der Waals surface area contributed by atoms with Gasteiger partial charge < -0.3 is 14.1 Å². The number of piperazine rings is 1. The summed E-state index contributed by atoms with van der Waals surface area (Å²) in [5.41, 5.74) is 1.82. The van der Waals surface area contributed by atoms with Gasteiger partial charge >= 0.3 is 0 Å². The third kappa shape index (κ3) is 4.61. The van der Waals surface area contributed by atoms with Crippen LogP contribution in [0.4, 0.5) is 0 Å². The van der Waals surface area contributed by atoms with Gasteiger partial charge in [0, 0.05) is 31.7 Å². The lowest BCUT2D eigenvalue weighted by atomic mass is 10.1. The van der Waals surface area contributed by atoms with Crippen molar-refractivity contribution >= 4 is 5.91 Å². The summed E-state index contributed by atoms with van der Waals surface area (Å²) in [6, 6.07) is 21.3. The van der Waals surface area contributed by atoms with Crippen LogP contribution in [0.1, 0.15) is 21.7 Å². The van der Waals surface area contributed by atoms with Crippen molar-refractivity contribution in [3.63, 3.8) is 0 Å². The Labute approximate surface area is 165 Å². The molecular weight excluding hydrogens is 352 g/mol. The summed E-state index contributed by atoms with van der Waals surface area (Å²) in [6.45, 7) is 4.47. The molecule has 0 unspecified atom stereocenters. The van der Waals surface area contributed by atoms with Gasteiger partial charge in [-0.3, -0.25) is 9.69 Å². The molecule has 0 aliphatic carbocycles. The quantitative estimate of drug-likeness (QED) is 0.656. The maximum absolute atomic E-state index is 12.8. The molecule has 0 atom stereocenters. The van der Waals surface area contributed by atoms with Crippen LogP contribution in [-0.2, 0) is 13.2 Å². The minimum atomic E-state index is 0.0762. The molecular formula is C23H24N2O3. The third-order valence-corrected chi connectivity index (χ3v) is 4.97. The lowest BCUT2D eigenvalue weighted by Gasteiger charge is -2.34. The van der Waals surface area contributed by atoms with Gasteiger partial charge in [-0.25, -0.2) is 0 Å². The minimum Gasteiger partial charge on any atom is -0.489 e. The molecule has 1 aliphatic heterocycles. The number of hydrogen-bond acceptors (Lipinski definition) is 4. The lowest BCUT2D eigenvalue weighted by Crippen LogP contribution is -2.48. The molecule has 2 aromatic carbocycles. The van der Waals surface area contributed by atoms with E-state index in [9.17, 15) is 4.79 Å². The second kappa shape index (κ2) is 8.76. The molecule has 1 fully saturated rings. The van der Waals surface area contributed by atoms with Gasteiger partial charge in [0.15, 0.2) is 0 Å². The first kappa shape index (κ1) is 18.3. The predicted molar refractivity (Wildman–Crippen MR) is 107 cm³/mol. The van der Waals surface area contributed by atoms with Crippen LogP contribution >= 0.6 is 0 Å². The van der Waals surface area contributed by atoms with E-state index in [-0.39, 0.29) is 5.91 Å². The maximum atomic E-state index is 12.8. The van der Waals surface area contributed by atoms with Gasteiger partial charge in [-0.2, -0.15) is 0 Å². The Balaban J connectivity index is 1.28. The highest BCUT2D eigenvalue weighted by atomic mass is 16.5. The van der Waals surface area contributed by atoms with Crippen LogP contribution in [0.25, 0.3) is 0 Å². The van der Waals surface area contributed by atoms with Crippen molar-refractivity contribution in [1.82, 2.24) is 9.80 Å². The van der Waals surface area contributed by atoms with Crippen molar-refractivity contribution in [2.75, 3.05) is 26.2 Å². The van der Waals surface area contributed by atoms with E-state index in [0.29, 0.717) is 12.2 Å². The molecule has 0 N–H and O–H groups in total. The number of ether oxygens (including phenoxy) is 1. The van der Waals surface area contributed by atoms with Gasteiger partial charge in [0.2, 0.25) is 0 Å². The summed E-state index contributed by atoms with van der Waals surface area (Å²) in [5.74, 6) is 1.81. The van der Waals surface area contributed by atoms with Crippen molar-refractivity contribution in [1.29, 1.82) is 0 Å². The molecule has 144 valence electrons. The summed E-state index contributed by atoms with van der Waals surface area (Å²) in [5, 5.41) is 0. The Morgan fingerprint density at radius 3 is 2.32 bits per heavy atom. The number of carbonyl (C=O) groups is 1. The molecule has 5 heteroatoms. The minimum absolute atomic E-state index is 0.0762. The summed E-state index contributed by atoms with van der Waals surface area (Å²) < 4.78 is 11.2. The molecule has 0 bridgehead atoms. The number of carbonyl (C=O) groups excluding carboxylic acids is 1. The van der Waals surface area contributed by atoms with Crippen molar-refractivity contribution in [3.05, 3.63) is 89.9 Å². The Morgan fingerprint density at radius 2 is 1.64 bits per heavy atom. The number of nitrogens with zero attached hydrogens (tertiary/aromatic N) is 2. The summed E-state index contributed by atoms with van der Waals surface area (Å²) in [7, 11) is 0. The fraction of sp³-hybridized carbons (Fsp3) is 0.261. The highest BCUT2D eigenvalue weighted by Gasteiger charge is 2.22. The zero-order chi connectivity index (χ0) is 19.2. The normalized spacial score (nSPS) is 14.8. The van der Waals surface area contributed by atoms with Crippen molar-refractivity contribution in [2.24, 2.45) is 0 Å². The first-order chi connectivity index (χ1) is 13.8. The van der Waals surface area contributed by atoms with Crippen molar-refractivity contribution in [3.8, 4) is 5.75 Å². The molecule has 3 aromatic rings. The van der Waals surface area contributed by atoms with Gasteiger partial charge in [-0.15, -0.1) is 0 Å². The number of amides is 1. The topological polar surface area (TPSA) is 45.9 Å². The summed E-state index contributed by atoms with van der Waals surface area (Å²) in [6.07, 6.45) is 1.70. The fourth-order valence-corrected chi connectivity index (χ4v) is 3.35. The number of hydrogen-bond donors (Lipinski definition) is 0. The lowest BCUT2D eigenvalue weighted by molar-refractivity contribution is 0.0620. The monoisotopic (exact) mass is 376 g/mol. The van der Waals surface area contributed by atoms with E-state index in [0.717, 1.165) is 49.8 Å². The molecule has 28 heavy (non-hydrogen) atoms. The van der Waals surface area contributed by atoms with E-state index < -0.39 is 0 Å². The molecule has 4 rings (SSSR count). The molecule has 5 nitrogen and oxygen atoms in total. The summed E-state index contributed by atoms with van der Waals surface area (Å²) in [4.78, 5) is 17.0. The zero-order valence-electron chi connectivity index (χ0n) is 15.8. The van der Waals surface area contributed by atoms with Gasteiger partial charge in [0.1, 0.15) is 18.1 Å². The largest absolute Gasteiger partial charge is 0.489 e. The molecule has 2 heterocycles. The van der Waals surface area contributed by atoms with E-state index in [2.05, 4.69) is 4.90 Å². The molecule has 1 aliphatic rings. The molecule has 1 saturated heterocycles. The average Bonchev–Trinajstić information content (AvgIpc) is 3.26. The molecule has 1 amide bonds. The van der Waals surface area contributed by atoms with Gasteiger partial charge in [0.05, 0.1) is 12.8 Å². The average molecular weight is 376 g/mol. The van der Waals surface area contributed by atoms with Crippen LogP contribution in [0.2, 0.25) is 0 Å². The Hall–Kier alpha value is -3.05. The van der Waals surface area contributed by atoms with Crippen LogP contribution in [0, 0.1) is 0 Å². The smallest absolute Gasteiger partial charge is 0.253 e. The van der Waals surface area contributed by atoms with Crippen LogP contribution in [0.5, 0.6) is 5.75 Å². The predicted octanol–water partition coefficient (Wildman–Crippen LogP) is 3.82. The van der Waals surface area contributed by atoms with Crippen LogP contribution < -0.4 is 4.74 Å². The highest BCUT2D eigenvalue weighted by Crippen LogP contribution is 2.17. The Morgan fingerprint density at radius 1 is 0.893 bits per heavy atom. The standard InChI is InChI=1S/C23H24N2O3/c26-23(25-14-12-24(13-15-25)17-22-7-4-16-27-22)20-8-10-21(11-9-20)28-18-19-5-2-1-3-6-19/h1-11,16H,12-15,17-18H2. The van der Waals surface area contributed by atoms with Crippen LogP contribution in [0.3, 0.4) is 0 Å². The van der Waals surface area contributed by atoms with Gasteiger partial charge in [-0.05, 0) is 42.0 Å². The Bertz CT molecular complexity index is 868. The maximum Gasteiger partial charge on any atom is 0.253 e. The van der Waals surface area contributed by atoms with Crippen molar-refractivity contribution in [2.45, 2.75) is 13.2 Å².